The molecule has 1 heterocycles. The highest BCUT2D eigenvalue weighted by atomic mass is 32.2. The number of hydrogen-bond acceptors (Lipinski definition) is 4. The van der Waals surface area contributed by atoms with Crippen molar-refractivity contribution in [2.75, 3.05) is 6.54 Å². The number of amides is 1. The molecule has 1 atom stereocenters. The predicted molar refractivity (Wildman–Crippen MR) is 129 cm³/mol. The van der Waals surface area contributed by atoms with Gasteiger partial charge in [0.25, 0.3) is 0 Å². The molecule has 0 radical (unpaired) electrons. The van der Waals surface area contributed by atoms with Gasteiger partial charge in [-0.2, -0.15) is 4.72 Å². The Hall–Kier alpha value is -3.55. The van der Waals surface area contributed by atoms with Gasteiger partial charge in [0.2, 0.25) is 15.9 Å². The molecule has 1 unspecified atom stereocenters. The molecule has 0 saturated heterocycles. The number of nitrogens with one attached hydrogen (secondary N) is 2. The molecular weight excluding hydrogens is 434 g/mol. The minimum atomic E-state index is -4.00. The van der Waals surface area contributed by atoms with Gasteiger partial charge in [-0.3, -0.25) is 9.78 Å². The fraction of sp³-hybridized carbons (Fsp3) is 0.154. The number of carbonyl (C=O) groups excluding carboxylic acids is 1. The number of carbonyl (C=O) groups is 1. The van der Waals surface area contributed by atoms with E-state index in [0.29, 0.717) is 23.9 Å². The van der Waals surface area contributed by atoms with Crippen LogP contribution in [0, 0.1) is 0 Å². The summed E-state index contributed by atoms with van der Waals surface area (Å²) in [5.41, 5.74) is 2.33. The molecule has 0 aliphatic carbocycles. The molecule has 4 rings (SSSR count). The normalized spacial score (nSPS) is 12.4. The van der Waals surface area contributed by atoms with Gasteiger partial charge in [0.05, 0.1) is 5.52 Å². The van der Waals surface area contributed by atoms with Gasteiger partial charge in [0, 0.05) is 18.1 Å². The molecule has 0 saturated carbocycles. The molecule has 0 bridgehead atoms. The molecule has 6 nitrogen and oxygen atoms in total. The summed E-state index contributed by atoms with van der Waals surface area (Å²) in [6.45, 7) is 0.408. The second-order valence-corrected chi connectivity index (χ2v) is 9.40. The first-order valence-electron chi connectivity index (χ1n) is 10.7. The van der Waals surface area contributed by atoms with E-state index >= 15 is 0 Å². The lowest BCUT2D eigenvalue weighted by Gasteiger charge is -2.19. The summed E-state index contributed by atoms with van der Waals surface area (Å²) < 4.78 is 29.2. The molecule has 0 aliphatic rings. The third-order valence-electron chi connectivity index (χ3n) is 5.34. The summed E-state index contributed by atoms with van der Waals surface area (Å²) in [6.07, 6.45) is 2.44. The fourth-order valence-electron chi connectivity index (χ4n) is 3.68. The number of aromatic nitrogens is 1. The number of rotatable bonds is 9. The first-order valence-corrected chi connectivity index (χ1v) is 12.2. The Labute approximate surface area is 193 Å². The molecular formula is C26H25N3O3S. The predicted octanol–water partition coefficient (Wildman–Crippen LogP) is 3.48. The third kappa shape index (κ3) is 5.83. The van der Waals surface area contributed by atoms with E-state index in [-0.39, 0.29) is 17.2 Å². The number of sulfonamides is 1. The van der Waals surface area contributed by atoms with Crippen molar-refractivity contribution < 1.29 is 13.2 Å². The summed E-state index contributed by atoms with van der Waals surface area (Å²) in [5, 5.41) is 3.60. The third-order valence-corrected chi connectivity index (χ3v) is 6.84. The number of nitrogens with zero attached hydrogens (tertiary/aromatic N) is 1. The lowest BCUT2D eigenvalue weighted by atomic mass is 10.1. The number of hydrogen-bond donors (Lipinski definition) is 2. The van der Waals surface area contributed by atoms with Gasteiger partial charge >= 0.3 is 0 Å². The minimum Gasteiger partial charge on any atom is -0.354 e. The highest BCUT2D eigenvalue weighted by Gasteiger charge is 2.27. The SMILES string of the molecule is O=C(NCCc1ccccc1)C(Cc1ccccc1)NS(=O)(=O)c1cccc2cccnc12. The van der Waals surface area contributed by atoms with Crippen LogP contribution < -0.4 is 10.0 Å². The molecule has 4 aromatic rings. The molecule has 1 amide bonds. The van der Waals surface area contributed by atoms with Gasteiger partial charge in [0.15, 0.2) is 0 Å². The van der Waals surface area contributed by atoms with Crippen LogP contribution in [0.25, 0.3) is 10.9 Å². The van der Waals surface area contributed by atoms with Crippen molar-refractivity contribution in [3.63, 3.8) is 0 Å². The molecule has 33 heavy (non-hydrogen) atoms. The molecule has 3 aromatic carbocycles. The highest BCUT2D eigenvalue weighted by Crippen LogP contribution is 2.21. The fourth-order valence-corrected chi connectivity index (χ4v) is 5.05. The summed E-state index contributed by atoms with van der Waals surface area (Å²) in [6, 6.07) is 26.7. The average molecular weight is 460 g/mol. The second-order valence-electron chi connectivity index (χ2n) is 7.72. The van der Waals surface area contributed by atoms with Crippen molar-refractivity contribution in [2.45, 2.75) is 23.8 Å². The number of pyridine rings is 1. The Morgan fingerprint density at radius 1 is 0.818 bits per heavy atom. The van der Waals surface area contributed by atoms with Crippen LogP contribution in [0.3, 0.4) is 0 Å². The van der Waals surface area contributed by atoms with Gasteiger partial charge < -0.3 is 5.32 Å². The van der Waals surface area contributed by atoms with Crippen LogP contribution in [0.2, 0.25) is 0 Å². The molecule has 2 N–H and O–H groups in total. The maximum Gasteiger partial charge on any atom is 0.243 e. The van der Waals surface area contributed by atoms with Crippen LogP contribution in [0.4, 0.5) is 0 Å². The van der Waals surface area contributed by atoms with Crippen molar-refractivity contribution in [1.82, 2.24) is 15.0 Å². The quantitative estimate of drug-likeness (QED) is 0.401. The van der Waals surface area contributed by atoms with E-state index < -0.39 is 16.1 Å². The zero-order valence-electron chi connectivity index (χ0n) is 18.0. The van der Waals surface area contributed by atoms with E-state index in [1.54, 1.807) is 30.5 Å². The molecule has 0 fully saturated rings. The first kappa shape index (κ1) is 22.6. The number of para-hydroxylation sites is 1. The van der Waals surface area contributed by atoms with Crippen LogP contribution in [-0.4, -0.2) is 31.9 Å². The maximum absolute atomic E-state index is 13.3. The summed E-state index contributed by atoms with van der Waals surface area (Å²) in [4.78, 5) is 17.4. The summed E-state index contributed by atoms with van der Waals surface area (Å²) in [5.74, 6) is -0.369. The molecule has 0 spiro atoms. The number of benzene rings is 3. The monoisotopic (exact) mass is 459 g/mol. The molecule has 7 heteroatoms. The van der Waals surface area contributed by atoms with Crippen molar-refractivity contribution in [3.8, 4) is 0 Å². The zero-order valence-corrected chi connectivity index (χ0v) is 18.8. The Kier molecular flexibility index (Phi) is 7.12. The largest absolute Gasteiger partial charge is 0.354 e. The lowest BCUT2D eigenvalue weighted by Crippen LogP contribution is -2.48. The van der Waals surface area contributed by atoms with Gasteiger partial charge in [-0.05, 0) is 36.1 Å². The average Bonchev–Trinajstić information content (AvgIpc) is 2.84. The van der Waals surface area contributed by atoms with Crippen molar-refractivity contribution in [3.05, 3.63) is 108 Å². The van der Waals surface area contributed by atoms with Crippen LogP contribution in [0.1, 0.15) is 11.1 Å². The Bertz CT molecular complexity index is 1320. The zero-order chi connectivity index (χ0) is 23.1. The standard InChI is InChI=1S/C26H25N3O3S/c30-26(28-18-16-20-9-3-1-4-10-20)23(19-21-11-5-2-6-12-21)29-33(31,32)24-15-7-13-22-14-8-17-27-25(22)24/h1-15,17,23,29H,16,18-19H2,(H,28,30). The second kappa shape index (κ2) is 10.4. The maximum atomic E-state index is 13.3. The Balaban J connectivity index is 1.55. The van der Waals surface area contributed by atoms with E-state index in [1.807, 2.05) is 60.7 Å². The van der Waals surface area contributed by atoms with E-state index in [9.17, 15) is 13.2 Å². The van der Waals surface area contributed by atoms with Gasteiger partial charge in [-0.25, -0.2) is 8.42 Å². The van der Waals surface area contributed by atoms with Gasteiger partial charge in [-0.15, -0.1) is 0 Å². The van der Waals surface area contributed by atoms with E-state index in [1.165, 1.54) is 6.07 Å². The summed E-state index contributed by atoms with van der Waals surface area (Å²) >= 11 is 0. The van der Waals surface area contributed by atoms with Crippen molar-refractivity contribution >= 4 is 26.8 Å². The van der Waals surface area contributed by atoms with Crippen LogP contribution in [-0.2, 0) is 27.7 Å². The van der Waals surface area contributed by atoms with Crippen LogP contribution >= 0.6 is 0 Å². The molecule has 1 aromatic heterocycles. The van der Waals surface area contributed by atoms with E-state index in [2.05, 4.69) is 15.0 Å². The number of fused-ring (bicyclic) bond motifs is 1. The topological polar surface area (TPSA) is 88.2 Å². The van der Waals surface area contributed by atoms with Crippen LogP contribution in [0.5, 0.6) is 0 Å². The van der Waals surface area contributed by atoms with Gasteiger partial charge in [0.1, 0.15) is 10.9 Å². The van der Waals surface area contributed by atoms with Gasteiger partial charge in [-0.1, -0.05) is 78.9 Å². The highest BCUT2D eigenvalue weighted by molar-refractivity contribution is 7.89. The lowest BCUT2D eigenvalue weighted by molar-refractivity contribution is -0.122. The smallest absolute Gasteiger partial charge is 0.243 e. The Morgan fingerprint density at radius 2 is 1.48 bits per heavy atom. The van der Waals surface area contributed by atoms with Crippen molar-refractivity contribution in [2.24, 2.45) is 0 Å². The van der Waals surface area contributed by atoms with Crippen molar-refractivity contribution in [1.29, 1.82) is 0 Å². The molecule has 0 aliphatic heterocycles. The first-order chi connectivity index (χ1) is 16.0. The molecule has 168 valence electrons. The summed E-state index contributed by atoms with van der Waals surface area (Å²) in [7, 11) is -4.00. The Morgan fingerprint density at radius 3 is 2.21 bits per heavy atom. The minimum absolute atomic E-state index is 0.0516. The van der Waals surface area contributed by atoms with Crippen LogP contribution in [0.15, 0.2) is 102 Å². The van der Waals surface area contributed by atoms with E-state index in [0.717, 1.165) is 11.1 Å². The van der Waals surface area contributed by atoms with E-state index in [4.69, 9.17) is 0 Å².